The van der Waals surface area contributed by atoms with Gasteiger partial charge in [0.15, 0.2) is 0 Å². The average molecular weight is 403 g/mol. The number of anilines is 2. The minimum Gasteiger partial charge on any atom is -0.376 e. The van der Waals surface area contributed by atoms with Gasteiger partial charge in [0.05, 0.1) is 12.7 Å². The molecule has 4 nitrogen and oxygen atoms in total. The topological polar surface area (TPSA) is 41.6 Å². The Morgan fingerprint density at radius 2 is 1.83 bits per heavy atom. The van der Waals surface area contributed by atoms with Gasteiger partial charge < -0.3 is 15.0 Å². The molecule has 0 aromatic heterocycles. The van der Waals surface area contributed by atoms with E-state index < -0.39 is 5.67 Å². The van der Waals surface area contributed by atoms with E-state index in [1.807, 2.05) is 0 Å². The number of nitrogens with zero attached hydrogens (tertiary/aromatic N) is 1. The predicted molar refractivity (Wildman–Crippen MR) is 115 cm³/mol. The van der Waals surface area contributed by atoms with Crippen molar-refractivity contribution in [3.05, 3.63) is 23.3 Å². The number of hydrogen-bond acceptors (Lipinski definition) is 3. The Bertz CT molecular complexity index is 771. The smallest absolute Gasteiger partial charge is 0.224 e. The van der Waals surface area contributed by atoms with Gasteiger partial charge in [0, 0.05) is 36.3 Å². The number of amides is 1. The standard InChI is InChI=1S/C24H35FN2O2/c1-16-10-18(11-17(2)21(16)26-20(28)12-22(3,4)5)27-7-6-19(29-9-8-27)23-13-24(25,14-23)15-23/h10-11,19H,6-9,12-15H2,1-5H3,(H,26,28)/t19-,23?,24?/m0/s1. The lowest BCUT2D eigenvalue weighted by molar-refractivity contribution is -0.267. The van der Waals surface area contributed by atoms with Crippen LogP contribution in [0.25, 0.3) is 0 Å². The molecule has 1 heterocycles. The van der Waals surface area contributed by atoms with Crippen molar-refractivity contribution in [2.75, 3.05) is 29.9 Å². The molecular formula is C24H35FN2O2. The first kappa shape index (κ1) is 20.6. The van der Waals surface area contributed by atoms with Crippen molar-refractivity contribution in [3.63, 3.8) is 0 Å². The molecule has 1 aliphatic heterocycles. The van der Waals surface area contributed by atoms with Crippen molar-refractivity contribution in [1.82, 2.24) is 0 Å². The Balaban J connectivity index is 1.42. The summed E-state index contributed by atoms with van der Waals surface area (Å²) in [6.45, 7) is 12.8. The highest BCUT2D eigenvalue weighted by Crippen LogP contribution is 2.71. The fourth-order valence-corrected chi connectivity index (χ4v) is 5.58. The summed E-state index contributed by atoms with van der Waals surface area (Å²) in [6.07, 6.45) is 3.76. The van der Waals surface area contributed by atoms with Crippen molar-refractivity contribution in [2.24, 2.45) is 10.8 Å². The van der Waals surface area contributed by atoms with Gasteiger partial charge in [-0.05, 0) is 68.2 Å². The van der Waals surface area contributed by atoms with E-state index in [1.54, 1.807) is 0 Å². The van der Waals surface area contributed by atoms with Crippen LogP contribution in [0.2, 0.25) is 0 Å². The number of nitrogens with one attached hydrogen (secondary N) is 1. The number of aryl methyl sites for hydroxylation is 2. The second kappa shape index (κ2) is 6.97. The van der Waals surface area contributed by atoms with Crippen LogP contribution < -0.4 is 10.2 Å². The van der Waals surface area contributed by atoms with Gasteiger partial charge in [-0.25, -0.2) is 4.39 Å². The van der Waals surface area contributed by atoms with Crippen LogP contribution >= 0.6 is 0 Å². The normalized spacial score (nSPS) is 31.5. The maximum Gasteiger partial charge on any atom is 0.224 e. The lowest BCUT2D eigenvalue weighted by Gasteiger charge is -2.68. The van der Waals surface area contributed by atoms with Crippen molar-refractivity contribution >= 4 is 17.3 Å². The zero-order valence-electron chi connectivity index (χ0n) is 18.5. The quantitative estimate of drug-likeness (QED) is 0.756. The molecule has 1 amide bonds. The van der Waals surface area contributed by atoms with E-state index in [2.05, 4.69) is 57.0 Å². The summed E-state index contributed by atoms with van der Waals surface area (Å²) in [5, 5.41) is 3.11. The number of carbonyl (C=O) groups excluding carboxylic acids is 1. The van der Waals surface area contributed by atoms with Crippen molar-refractivity contribution < 1.29 is 13.9 Å². The Labute approximate surface area is 174 Å². The molecule has 1 N–H and O–H groups in total. The Hall–Kier alpha value is -1.62. The Morgan fingerprint density at radius 3 is 2.38 bits per heavy atom. The number of ether oxygens (including phenoxy) is 1. The molecule has 3 aliphatic carbocycles. The molecule has 5 rings (SSSR count). The Kier molecular flexibility index (Phi) is 4.96. The van der Waals surface area contributed by atoms with Gasteiger partial charge in [-0.1, -0.05) is 20.8 Å². The van der Waals surface area contributed by atoms with Crippen LogP contribution in [-0.4, -0.2) is 37.4 Å². The van der Waals surface area contributed by atoms with Crippen LogP contribution in [-0.2, 0) is 9.53 Å². The van der Waals surface area contributed by atoms with Gasteiger partial charge >= 0.3 is 0 Å². The van der Waals surface area contributed by atoms with Crippen LogP contribution in [0.1, 0.15) is 64.0 Å². The molecule has 0 unspecified atom stereocenters. The lowest BCUT2D eigenvalue weighted by atomic mass is 9.40. The molecule has 29 heavy (non-hydrogen) atoms. The molecule has 1 aromatic carbocycles. The molecule has 1 saturated heterocycles. The first-order chi connectivity index (χ1) is 13.5. The first-order valence-corrected chi connectivity index (χ1v) is 11.0. The number of carbonyl (C=O) groups is 1. The minimum atomic E-state index is -0.864. The van der Waals surface area contributed by atoms with E-state index in [0.717, 1.165) is 36.3 Å². The third-order valence-electron chi connectivity index (χ3n) is 6.87. The molecule has 3 saturated carbocycles. The van der Waals surface area contributed by atoms with Crippen LogP contribution in [0, 0.1) is 24.7 Å². The molecule has 1 aromatic rings. The van der Waals surface area contributed by atoms with Crippen LogP contribution in [0.15, 0.2) is 12.1 Å². The van der Waals surface area contributed by atoms with Crippen molar-refractivity contribution in [1.29, 1.82) is 0 Å². The number of benzene rings is 1. The van der Waals surface area contributed by atoms with E-state index in [0.29, 0.717) is 32.3 Å². The third-order valence-corrected chi connectivity index (χ3v) is 6.87. The van der Waals surface area contributed by atoms with Gasteiger partial charge in [0.1, 0.15) is 5.67 Å². The van der Waals surface area contributed by atoms with E-state index in [1.165, 1.54) is 5.69 Å². The second-order valence-electron chi connectivity index (χ2n) is 10.9. The number of alkyl halides is 1. The highest BCUT2D eigenvalue weighted by molar-refractivity contribution is 5.93. The molecule has 1 atom stereocenters. The van der Waals surface area contributed by atoms with Gasteiger partial charge in [-0.15, -0.1) is 0 Å². The SMILES string of the molecule is Cc1cc(N2CCO[C@H](C34CC(F)(C3)C4)CC2)cc(C)c1NC(=O)CC(C)(C)C. The minimum absolute atomic E-state index is 0.0311. The summed E-state index contributed by atoms with van der Waals surface area (Å²) in [6, 6.07) is 4.33. The van der Waals surface area contributed by atoms with Gasteiger partial charge in [0.2, 0.25) is 5.91 Å². The molecule has 0 spiro atoms. The van der Waals surface area contributed by atoms with E-state index >= 15 is 0 Å². The first-order valence-electron chi connectivity index (χ1n) is 11.0. The monoisotopic (exact) mass is 402 g/mol. The van der Waals surface area contributed by atoms with Crippen molar-refractivity contribution in [3.8, 4) is 0 Å². The number of halogens is 1. The van der Waals surface area contributed by atoms with Crippen molar-refractivity contribution in [2.45, 2.75) is 78.5 Å². The molecule has 0 radical (unpaired) electrons. The molecule has 160 valence electrons. The largest absolute Gasteiger partial charge is 0.376 e. The average Bonchev–Trinajstić information content (AvgIpc) is 2.78. The zero-order valence-corrected chi connectivity index (χ0v) is 18.5. The Morgan fingerprint density at radius 1 is 1.21 bits per heavy atom. The highest BCUT2D eigenvalue weighted by Gasteiger charge is 2.72. The maximum absolute atomic E-state index is 13.9. The van der Waals surface area contributed by atoms with Gasteiger partial charge in [0.25, 0.3) is 0 Å². The van der Waals surface area contributed by atoms with E-state index in [9.17, 15) is 9.18 Å². The summed E-state index contributed by atoms with van der Waals surface area (Å²) in [5.74, 6) is 0.0617. The molecule has 2 bridgehead atoms. The van der Waals surface area contributed by atoms with E-state index in [4.69, 9.17) is 4.74 Å². The summed E-state index contributed by atoms with van der Waals surface area (Å²) in [7, 11) is 0. The number of rotatable bonds is 4. The fraction of sp³-hybridized carbons (Fsp3) is 0.708. The molecule has 4 aliphatic rings. The predicted octanol–water partition coefficient (Wildman–Crippen LogP) is 5.17. The van der Waals surface area contributed by atoms with Gasteiger partial charge in [-0.3, -0.25) is 4.79 Å². The zero-order chi connectivity index (χ0) is 21.0. The molecular weight excluding hydrogens is 367 g/mol. The summed E-state index contributed by atoms with van der Waals surface area (Å²) >= 11 is 0. The summed E-state index contributed by atoms with van der Waals surface area (Å²) in [4.78, 5) is 14.8. The van der Waals surface area contributed by atoms with Crippen LogP contribution in [0.3, 0.4) is 0 Å². The summed E-state index contributed by atoms with van der Waals surface area (Å²) < 4.78 is 20.1. The molecule has 5 heteroatoms. The summed E-state index contributed by atoms with van der Waals surface area (Å²) in [5.41, 5.74) is 3.50. The van der Waals surface area contributed by atoms with Gasteiger partial charge in [-0.2, -0.15) is 0 Å². The van der Waals surface area contributed by atoms with E-state index in [-0.39, 0.29) is 22.8 Å². The second-order valence-corrected chi connectivity index (χ2v) is 10.9. The highest BCUT2D eigenvalue weighted by atomic mass is 19.1. The van der Waals surface area contributed by atoms with Crippen LogP contribution in [0.5, 0.6) is 0 Å². The fourth-order valence-electron chi connectivity index (χ4n) is 5.58. The number of hydrogen-bond donors (Lipinski definition) is 1. The molecule has 4 fully saturated rings. The maximum atomic E-state index is 13.9. The lowest BCUT2D eigenvalue weighted by Crippen LogP contribution is -2.69. The van der Waals surface area contributed by atoms with Crippen LogP contribution in [0.4, 0.5) is 15.8 Å². The third kappa shape index (κ3) is 4.03.